The fourth-order valence-corrected chi connectivity index (χ4v) is 0. The summed E-state index contributed by atoms with van der Waals surface area (Å²) >= 11 is 0. The summed E-state index contributed by atoms with van der Waals surface area (Å²) in [6.07, 6.45) is -1.06. The Morgan fingerprint density at radius 1 is 1.32 bits per heavy atom. The molecule has 14 heteroatoms. The van der Waals surface area contributed by atoms with Crippen molar-refractivity contribution in [1.29, 1.82) is 0 Å². The van der Waals surface area contributed by atoms with E-state index in [1.165, 1.54) is 0 Å². The maximum atomic E-state index is 9.24. The second-order valence-corrected chi connectivity index (χ2v) is 2.14. The molecule has 0 fully saturated rings. The number of aliphatic carboxylic acids is 1. The third-order valence-electron chi connectivity index (χ3n) is 0.617. The molecule has 0 unspecified atom stereocenters. The average molecular weight is 476 g/mol. The van der Waals surface area contributed by atoms with Gasteiger partial charge in [-0.15, -0.1) is 6.42 Å². The summed E-state index contributed by atoms with van der Waals surface area (Å²) < 4.78 is 0. The number of hydrogen-bond acceptors (Lipinski definition) is 9. The Balaban J connectivity index is -0.0000000150. The number of aliphatic hydroxyl groups excluding tert-OH is 3. The molecular formula is C11H29Cu2N2O10. The fourth-order valence-electron chi connectivity index (χ4n) is 0. The summed E-state index contributed by atoms with van der Waals surface area (Å²) in [7, 11) is 0. The Labute approximate surface area is 169 Å². The minimum atomic E-state index is -1.23. The second kappa shape index (κ2) is 66.0. The van der Waals surface area contributed by atoms with Crippen LogP contribution >= 0.6 is 0 Å². The van der Waals surface area contributed by atoms with Crippen LogP contribution in [0.3, 0.4) is 0 Å². The molecule has 12 nitrogen and oxygen atoms in total. The largest absolute Gasteiger partial charge is 2.00 e. The molecule has 0 aliphatic rings. The van der Waals surface area contributed by atoms with Gasteiger partial charge in [-0.05, 0) is 5.90 Å². The summed E-state index contributed by atoms with van der Waals surface area (Å²) in [5.41, 5.74) is 4.57. The van der Waals surface area contributed by atoms with Crippen molar-refractivity contribution in [3.8, 4) is 0 Å². The first-order valence-corrected chi connectivity index (χ1v) is 4.62. The minimum Gasteiger partial charge on any atom is -0.773 e. The SMILES string of the molecule is C.C.NCC(=O)O.O=COO.[CH-]=O.[CH2-]CC(O)O.[Cu+2].[Cu+].[HH].[N-]=C(O)CO. The molecule has 165 valence electrons. The Morgan fingerprint density at radius 2 is 1.48 bits per heavy atom. The molecule has 0 rings (SSSR count). The third kappa shape index (κ3) is 286. The van der Waals surface area contributed by atoms with Crippen LogP contribution in [0.4, 0.5) is 0 Å². The molecule has 0 saturated carbocycles. The van der Waals surface area contributed by atoms with Crippen LogP contribution in [-0.4, -0.2) is 75.4 Å². The van der Waals surface area contributed by atoms with Crippen LogP contribution in [0.5, 0.6) is 0 Å². The number of carbonyl (C=O) groups is 2. The van der Waals surface area contributed by atoms with Crippen LogP contribution < -0.4 is 5.73 Å². The summed E-state index contributed by atoms with van der Waals surface area (Å²) in [6, 6.07) is 0. The summed E-state index contributed by atoms with van der Waals surface area (Å²) in [5.74, 6) is -1.91. The Hall–Kier alpha value is -1.08. The predicted octanol–water partition coefficient (Wildman–Crippen LogP) is -1.07. The normalized spacial score (nSPS) is 5.88. The van der Waals surface area contributed by atoms with Gasteiger partial charge in [0.2, 0.25) is 0 Å². The van der Waals surface area contributed by atoms with Gasteiger partial charge in [0, 0.05) is 1.43 Å². The van der Waals surface area contributed by atoms with Crippen LogP contribution in [0, 0.1) is 6.92 Å². The van der Waals surface area contributed by atoms with Crippen molar-refractivity contribution in [2.24, 2.45) is 5.73 Å². The molecule has 0 aliphatic heterocycles. The van der Waals surface area contributed by atoms with Crippen molar-refractivity contribution in [2.45, 2.75) is 27.6 Å². The van der Waals surface area contributed by atoms with E-state index in [4.69, 9.17) is 45.8 Å². The second-order valence-electron chi connectivity index (χ2n) is 2.14. The van der Waals surface area contributed by atoms with Gasteiger partial charge in [-0.1, -0.05) is 14.9 Å². The predicted molar refractivity (Wildman–Crippen MR) is 85.1 cm³/mol. The topological polar surface area (TPSA) is 230 Å². The summed E-state index contributed by atoms with van der Waals surface area (Å²) in [4.78, 5) is 28.6. The first kappa shape index (κ1) is 56.4. The van der Waals surface area contributed by atoms with Crippen LogP contribution in [-0.2, 0) is 53.4 Å². The number of carbonyl (C=O) groups excluding carboxylic acids is 2. The molecule has 8 N–H and O–H groups in total. The molecule has 25 heavy (non-hydrogen) atoms. The number of carboxylic acids is 1. The number of nitrogens with two attached hydrogens (primary N) is 1. The van der Waals surface area contributed by atoms with E-state index >= 15 is 0 Å². The Kier molecular flexibility index (Phi) is 149. The standard InChI is InChI=1S/C3H7O2.C2H4NO2.C2H5NO2.CH2O3.CHO.2CH4.2Cu.H2/c1-2-3(4)5;3-2(5)1-4;3-1-2(4)5;2-1-4-3;1-2;;;;;/h3-5H,1-2H2;4H,1H2,(H-,3,5);1,3H2,(H,4,5);1,3H;1H;2*1H4;;;1H/q2*-1;;;-1;;;+1;+2;. The van der Waals surface area contributed by atoms with Gasteiger partial charge < -0.3 is 53.3 Å². The maximum absolute atomic E-state index is 9.24. The van der Waals surface area contributed by atoms with E-state index in [1.54, 1.807) is 0 Å². The van der Waals surface area contributed by atoms with Gasteiger partial charge in [-0.2, -0.15) is 0 Å². The first-order valence-electron chi connectivity index (χ1n) is 4.62. The number of rotatable bonds is 4. The van der Waals surface area contributed by atoms with Crippen molar-refractivity contribution in [3.63, 3.8) is 0 Å². The van der Waals surface area contributed by atoms with Gasteiger partial charge in [0.25, 0.3) is 0 Å². The van der Waals surface area contributed by atoms with Gasteiger partial charge in [0.15, 0.2) is 0 Å². The van der Waals surface area contributed by atoms with E-state index in [0.717, 1.165) is 0 Å². The van der Waals surface area contributed by atoms with E-state index in [-0.39, 0.29) is 69.9 Å². The molecule has 0 bridgehead atoms. The summed E-state index contributed by atoms with van der Waals surface area (Å²) in [6.45, 7) is 5.42. The third-order valence-corrected chi connectivity index (χ3v) is 0.617. The van der Waals surface area contributed by atoms with E-state index in [0.29, 0.717) is 0 Å². The van der Waals surface area contributed by atoms with Crippen molar-refractivity contribution >= 4 is 25.1 Å². The Morgan fingerprint density at radius 3 is 1.48 bits per heavy atom. The van der Waals surface area contributed by atoms with Crippen LogP contribution in [0.1, 0.15) is 22.7 Å². The van der Waals surface area contributed by atoms with Crippen LogP contribution in [0.2, 0.25) is 0 Å². The van der Waals surface area contributed by atoms with Crippen molar-refractivity contribution in [1.82, 2.24) is 0 Å². The molecule has 0 aromatic rings. The molecule has 0 spiro atoms. The molecule has 0 saturated heterocycles. The maximum Gasteiger partial charge on any atom is 2.00 e. The average Bonchev–Trinajstić information content (AvgIpc) is 2.50. The molecule has 0 aromatic carbocycles. The molecule has 0 aromatic heterocycles. The van der Waals surface area contributed by atoms with Gasteiger partial charge in [-0.3, -0.25) is 16.4 Å². The number of hydrogen-bond donors (Lipinski definition) is 7. The van der Waals surface area contributed by atoms with Crippen molar-refractivity contribution < 1.29 is 85.6 Å². The zero-order valence-corrected chi connectivity index (χ0v) is 13.4. The van der Waals surface area contributed by atoms with E-state index in [2.05, 4.69) is 24.3 Å². The van der Waals surface area contributed by atoms with Gasteiger partial charge in [-0.25, -0.2) is 5.26 Å². The zero-order valence-electron chi connectivity index (χ0n) is 11.5. The van der Waals surface area contributed by atoms with Crippen LogP contribution in [0.25, 0.3) is 5.41 Å². The fraction of sp³-hybridized carbons (Fsp3) is 0.545. The van der Waals surface area contributed by atoms with Crippen molar-refractivity contribution in [2.75, 3.05) is 13.2 Å². The van der Waals surface area contributed by atoms with Gasteiger partial charge >= 0.3 is 46.6 Å². The van der Waals surface area contributed by atoms with Crippen LogP contribution in [0.15, 0.2) is 0 Å². The monoisotopic (exact) mass is 475 g/mol. The molecule has 1 radical (unpaired) electrons. The van der Waals surface area contributed by atoms with Gasteiger partial charge in [0.05, 0.1) is 13.2 Å². The molecule has 0 atom stereocenters. The molecule has 0 heterocycles. The first-order chi connectivity index (χ1) is 9.72. The van der Waals surface area contributed by atoms with Gasteiger partial charge in [0.1, 0.15) is 6.29 Å². The van der Waals surface area contributed by atoms with E-state index < -0.39 is 24.8 Å². The minimum absolute atomic E-state index is 0. The van der Waals surface area contributed by atoms with Crippen molar-refractivity contribution in [3.05, 3.63) is 12.3 Å². The zero-order chi connectivity index (χ0) is 18.3. The smallest absolute Gasteiger partial charge is 0.773 e. The number of nitrogens with zero attached hydrogens (tertiary/aromatic N) is 1. The van der Waals surface area contributed by atoms with E-state index in [1.807, 2.05) is 0 Å². The molecule has 0 amide bonds. The summed E-state index contributed by atoms with van der Waals surface area (Å²) in [5, 5.41) is 53.1. The Bertz CT molecular complexity index is 229. The number of aliphatic hydroxyl groups is 4. The molecule has 0 aliphatic carbocycles. The van der Waals surface area contributed by atoms with E-state index in [9.17, 15) is 4.79 Å². The molecular weight excluding hydrogens is 447 g/mol. The quantitative estimate of drug-likeness (QED) is 0.0377. The number of carboxylic acid groups (broad SMARTS) is 1.